The van der Waals surface area contributed by atoms with Crippen LogP contribution in [0.3, 0.4) is 0 Å². The second-order valence-corrected chi connectivity index (χ2v) is 5.63. The van der Waals surface area contributed by atoms with Crippen LogP contribution in [0.1, 0.15) is 40.5 Å². The van der Waals surface area contributed by atoms with Crippen LogP contribution >= 0.6 is 0 Å². The summed E-state index contributed by atoms with van der Waals surface area (Å²) in [7, 11) is 2.03. The molecule has 0 bridgehead atoms. The Morgan fingerprint density at radius 2 is 1.95 bits per heavy atom. The second kappa shape index (κ2) is 6.24. The highest BCUT2D eigenvalue weighted by molar-refractivity contribution is 5.39. The van der Waals surface area contributed by atoms with E-state index in [1.54, 1.807) is 0 Å². The fourth-order valence-corrected chi connectivity index (χ4v) is 2.08. The monoisotopic (exact) mass is 279 g/mol. The lowest BCUT2D eigenvalue weighted by molar-refractivity contribution is 0.222. The van der Waals surface area contributed by atoms with Gasteiger partial charge in [-0.1, -0.05) is 0 Å². The molecule has 1 aromatic rings. The normalized spacial score (nSPS) is 16.1. The molecular formula is C14H25N5O. The van der Waals surface area contributed by atoms with Gasteiger partial charge >= 0.3 is 6.01 Å². The zero-order chi connectivity index (χ0) is 14.7. The summed E-state index contributed by atoms with van der Waals surface area (Å²) in [6.07, 6.45) is 2.64. The number of nitrogens with one attached hydrogen (secondary N) is 1. The van der Waals surface area contributed by atoms with Gasteiger partial charge in [0.25, 0.3) is 0 Å². The van der Waals surface area contributed by atoms with E-state index in [-0.39, 0.29) is 6.10 Å². The molecule has 1 heterocycles. The Kier molecular flexibility index (Phi) is 4.62. The minimum absolute atomic E-state index is 0.0471. The van der Waals surface area contributed by atoms with Gasteiger partial charge in [0.1, 0.15) is 0 Å². The maximum absolute atomic E-state index is 5.62. The molecule has 1 unspecified atom stereocenters. The first kappa shape index (κ1) is 14.8. The van der Waals surface area contributed by atoms with Crippen LogP contribution in [0, 0.1) is 5.92 Å². The summed E-state index contributed by atoms with van der Waals surface area (Å²) >= 11 is 0. The van der Waals surface area contributed by atoms with E-state index in [1.165, 1.54) is 12.8 Å². The number of rotatable bonds is 7. The van der Waals surface area contributed by atoms with Gasteiger partial charge in [-0.25, -0.2) is 0 Å². The molecule has 0 saturated heterocycles. The lowest BCUT2D eigenvalue weighted by Crippen LogP contribution is -2.32. The molecule has 1 atom stereocenters. The van der Waals surface area contributed by atoms with Crippen molar-refractivity contribution >= 4 is 11.9 Å². The summed E-state index contributed by atoms with van der Waals surface area (Å²) in [5.74, 6) is 2.00. The van der Waals surface area contributed by atoms with Crippen LogP contribution in [-0.2, 0) is 0 Å². The van der Waals surface area contributed by atoms with Gasteiger partial charge < -0.3 is 15.0 Å². The smallest absolute Gasteiger partial charge is 0.323 e. The van der Waals surface area contributed by atoms with Crippen molar-refractivity contribution < 1.29 is 4.74 Å². The summed E-state index contributed by atoms with van der Waals surface area (Å²) in [6, 6.07) is 0.828. The van der Waals surface area contributed by atoms with E-state index in [0.29, 0.717) is 23.9 Å². The molecule has 1 aliphatic carbocycles. The van der Waals surface area contributed by atoms with Gasteiger partial charge in [-0.3, -0.25) is 0 Å². The molecular weight excluding hydrogens is 254 g/mol. The first-order valence-electron chi connectivity index (χ1n) is 7.40. The largest absolute Gasteiger partial charge is 0.461 e. The SMILES string of the molecule is CCNc1nc(OC(C)C)nc(N(C)C(C)C2CC2)n1. The van der Waals surface area contributed by atoms with E-state index in [1.807, 2.05) is 27.8 Å². The minimum Gasteiger partial charge on any atom is -0.461 e. The van der Waals surface area contributed by atoms with E-state index in [2.05, 4.69) is 32.1 Å². The van der Waals surface area contributed by atoms with Crippen molar-refractivity contribution in [2.45, 2.75) is 52.7 Å². The standard InChI is InChI=1S/C14H25N5O/c1-6-15-12-16-13(18-14(17-12)20-9(2)3)19(5)10(4)11-7-8-11/h9-11H,6-8H2,1-5H3,(H,15,16,17,18). The topological polar surface area (TPSA) is 63.2 Å². The van der Waals surface area contributed by atoms with Gasteiger partial charge in [0, 0.05) is 19.6 Å². The van der Waals surface area contributed by atoms with Gasteiger partial charge in [-0.05, 0) is 46.5 Å². The Bertz CT molecular complexity index is 447. The highest BCUT2D eigenvalue weighted by Gasteiger charge is 2.32. The molecule has 0 spiro atoms. The summed E-state index contributed by atoms with van der Waals surface area (Å²) < 4.78 is 5.62. The van der Waals surface area contributed by atoms with Crippen molar-refractivity contribution in [2.24, 2.45) is 5.92 Å². The highest BCUT2D eigenvalue weighted by atomic mass is 16.5. The third kappa shape index (κ3) is 3.71. The number of nitrogens with zero attached hydrogens (tertiary/aromatic N) is 4. The molecule has 0 amide bonds. The van der Waals surface area contributed by atoms with Crippen molar-refractivity contribution in [1.29, 1.82) is 0 Å². The third-order valence-corrected chi connectivity index (χ3v) is 3.51. The first-order valence-corrected chi connectivity index (χ1v) is 7.40. The van der Waals surface area contributed by atoms with Gasteiger partial charge in [0.15, 0.2) is 0 Å². The summed E-state index contributed by atoms with van der Waals surface area (Å²) in [6.45, 7) is 8.94. The van der Waals surface area contributed by atoms with Crippen LogP contribution in [0.2, 0.25) is 0 Å². The molecule has 6 heteroatoms. The Labute approximate surface area is 121 Å². The third-order valence-electron chi connectivity index (χ3n) is 3.51. The minimum atomic E-state index is 0.0471. The Hall–Kier alpha value is -1.59. The number of hydrogen-bond donors (Lipinski definition) is 1. The highest BCUT2D eigenvalue weighted by Crippen LogP contribution is 2.35. The van der Waals surface area contributed by atoms with Crippen LogP contribution in [-0.4, -0.2) is 40.7 Å². The lowest BCUT2D eigenvalue weighted by Gasteiger charge is -2.25. The fourth-order valence-electron chi connectivity index (χ4n) is 2.08. The van der Waals surface area contributed by atoms with Crippen molar-refractivity contribution in [1.82, 2.24) is 15.0 Å². The van der Waals surface area contributed by atoms with Gasteiger partial charge in [0.2, 0.25) is 11.9 Å². The Balaban J connectivity index is 2.22. The Morgan fingerprint density at radius 3 is 2.50 bits per heavy atom. The molecule has 0 aromatic carbocycles. The summed E-state index contributed by atoms with van der Waals surface area (Å²) in [5.41, 5.74) is 0. The average molecular weight is 279 g/mol. The molecule has 1 saturated carbocycles. The quantitative estimate of drug-likeness (QED) is 0.826. The zero-order valence-electron chi connectivity index (χ0n) is 13.1. The molecule has 6 nitrogen and oxygen atoms in total. The molecule has 112 valence electrons. The molecule has 1 aromatic heterocycles. The average Bonchev–Trinajstić information content (AvgIpc) is 3.20. The number of aromatic nitrogens is 3. The van der Waals surface area contributed by atoms with Crippen LogP contribution in [0.5, 0.6) is 6.01 Å². The van der Waals surface area contributed by atoms with Crippen LogP contribution < -0.4 is 15.0 Å². The van der Waals surface area contributed by atoms with Crippen LogP contribution in [0.15, 0.2) is 0 Å². The zero-order valence-corrected chi connectivity index (χ0v) is 13.1. The molecule has 1 fully saturated rings. The molecule has 2 rings (SSSR count). The van der Waals surface area contributed by atoms with Crippen LogP contribution in [0.25, 0.3) is 0 Å². The maximum Gasteiger partial charge on any atom is 0.323 e. The van der Waals surface area contributed by atoms with Gasteiger partial charge in [-0.15, -0.1) is 0 Å². The van der Waals surface area contributed by atoms with Gasteiger partial charge in [-0.2, -0.15) is 15.0 Å². The van der Waals surface area contributed by atoms with Crippen molar-refractivity contribution in [3.8, 4) is 6.01 Å². The van der Waals surface area contributed by atoms with E-state index in [9.17, 15) is 0 Å². The molecule has 20 heavy (non-hydrogen) atoms. The predicted octanol–water partition coefficient (Wildman–Crippen LogP) is 2.33. The molecule has 0 radical (unpaired) electrons. The molecule has 1 N–H and O–H groups in total. The molecule has 1 aliphatic rings. The number of ether oxygens (including phenoxy) is 1. The fraction of sp³-hybridized carbons (Fsp3) is 0.786. The molecule has 0 aliphatic heterocycles. The van der Waals surface area contributed by atoms with E-state index >= 15 is 0 Å². The van der Waals surface area contributed by atoms with Crippen molar-refractivity contribution in [2.75, 3.05) is 23.8 Å². The Morgan fingerprint density at radius 1 is 1.25 bits per heavy atom. The van der Waals surface area contributed by atoms with E-state index in [0.717, 1.165) is 12.5 Å². The summed E-state index contributed by atoms with van der Waals surface area (Å²) in [5, 5.41) is 3.13. The second-order valence-electron chi connectivity index (χ2n) is 5.63. The number of anilines is 2. The first-order chi connectivity index (χ1) is 9.51. The van der Waals surface area contributed by atoms with Crippen molar-refractivity contribution in [3.63, 3.8) is 0 Å². The maximum atomic E-state index is 5.62. The predicted molar refractivity (Wildman–Crippen MR) is 80.3 cm³/mol. The van der Waals surface area contributed by atoms with Crippen molar-refractivity contribution in [3.05, 3.63) is 0 Å². The van der Waals surface area contributed by atoms with E-state index < -0.39 is 0 Å². The number of hydrogen-bond acceptors (Lipinski definition) is 6. The van der Waals surface area contributed by atoms with Gasteiger partial charge in [0.05, 0.1) is 6.10 Å². The van der Waals surface area contributed by atoms with Crippen LogP contribution in [0.4, 0.5) is 11.9 Å². The lowest BCUT2D eigenvalue weighted by atomic mass is 10.2. The summed E-state index contributed by atoms with van der Waals surface area (Å²) in [4.78, 5) is 15.3. The van der Waals surface area contributed by atoms with E-state index in [4.69, 9.17) is 4.74 Å².